The number of likely N-dealkylation sites (N-methyl/N-ethyl adjacent to an activating group) is 1. The Morgan fingerprint density at radius 2 is 1.81 bits per heavy atom. The quantitative estimate of drug-likeness (QED) is 0.281. The van der Waals surface area contributed by atoms with Gasteiger partial charge < -0.3 is 39.2 Å². The largest absolute Gasteiger partial charge is 0.493 e. The first-order chi connectivity index (χ1) is 20.1. The lowest BCUT2D eigenvalue weighted by atomic mass is 10.1. The summed E-state index contributed by atoms with van der Waals surface area (Å²) >= 11 is 0. The van der Waals surface area contributed by atoms with Gasteiger partial charge in [0, 0.05) is 50.3 Å². The van der Waals surface area contributed by atoms with Gasteiger partial charge in [0.25, 0.3) is 4.88 Å². The van der Waals surface area contributed by atoms with Gasteiger partial charge in [-0.1, -0.05) is 0 Å². The minimum Gasteiger partial charge on any atom is -0.493 e. The van der Waals surface area contributed by atoms with Gasteiger partial charge in [-0.15, -0.1) is 4.99 Å². The van der Waals surface area contributed by atoms with Gasteiger partial charge in [0.2, 0.25) is 11.7 Å². The molecule has 230 valence electrons. The number of carbonyl (C=O) groups is 1. The lowest BCUT2D eigenvalue weighted by Gasteiger charge is -2.39. The standard InChI is InChI=1S/C28H41N7O6S/c1-18-24(25(36)37)42(13-12-38-4)27(30-18)32-26-31-22(35-10-8-34(3)9-11-35)16-28(2,33-26)29-17-19-14-20(39-5)23(41-7)21(15-19)40-6/h14-16,29H,8-13,17H2,1-7H3,(H2-,30,31,32,33,36,37)/p+1. The van der Waals surface area contributed by atoms with Crippen molar-refractivity contribution < 1.29 is 28.8 Å². The molecule has 0 aliphatic carbocycles. The van der Waals surface area contributed by atoms with Crippen molar-refractivity contribution in [2.24, 2.45) is 9.98 Å². The minimum atomic E-state index is -0.960. The van der Waals surface area contributed by atoms with Gasteiger partial charge in [0.15, 0.2) is 17.3 Å². The lowest BCUT2D eigenvalue weighted by molar-refractivity contribution is 0.0700. The van der Waals surface area contributed by atoms with Crippen molar-refractivity contribution in [3.05, 3.63) is 45.0 Å². The van der Waals surface area contributed by atoms with Crippen LogP contribution in [-0.2, 0) is 17.0 Å². The zero-order valence-corrected chi connectivity index (χ0v) is 26.2. The van der Waals surface area contributed by atoms with Crippen molar-refractivity contribution >= 4 is 22.4 Å². The third-order valence-electron chi connectivity index (χ3n) is 7.22. The molecule has 1 saturated heterocycles. The number of benzene rings is 1. The Balaban J connectivity index is 1.72. The average molecular weight is 605 g/mol. The number of guanidine groups is 1. The maximum Gasteiger partial charge on any atom is 0.391 e. The first-order valence-electron chi connectivity index (χ1n) is 13.7. The van der Waals surface area contributed by atoms with E-state index in [-0.39, 0.29) is 0 Å². The Morgan fingerprint density at radius 1 is 1.14 bits per heavy atom. The van der Waals surface area contributed by atoms with Crippen molar-refractivity contribution in [2.45, 2.75) is 31.8 Å². The van der Waals surface area contributed by atoms with E-state index in [9.17, 15) is 9.90 Å². The van der Waals surface area contributed by atoms with Gasteiger partial charge in [0.05, 0.1) is 33.6 Å². The van der Waals surface area contributed by atoms with Crippen molar-refractivity contribution in [3.8, 4) is 17.2 Å². The molecule has 0 bridgehead atoms. The van der Waals surface area contributed by atoms with E-state index >= 15 is 0 Å². The Hall–Kier alpha value is -3.59. The molecule has 3 heterocycles. The van der Waals surface area contributed by atoms with E-state index in [1.807, 2.05) is 19.1 Å². The number of piperazine rings is 1. The number of methoxy groups -OCH3 is 4. The van der Waals surface area contributed by atoms with Crippen LogP contribution in [0.2, 0.25) is 0 Å². The molecule has 2 atom stereocenters. The molecule has 4 N–H and O–H groups in total. The SMILES string of the molecule is COCC[s+]1c(C(=O)O)c(C)[nH]c1=NC1=NC(C)(NCc2cc(OC)c(OC)c(OC)c2)C=C(N2CCN(C)CC2)N1. The van der Waals surface area contributed by atoms with E-state index < -0.39 is 22.1 Å². The predicted octanol–water partition coefficient (Wildman–Crippen LogP) is 1.90. The Bertz CT molecular complexity index is 1380. The van der Waals surface area contributed by atoms with Gasteiger partial charge >= 0.3 is 10.8 Å². The van der Waals surface area contributed by atoms with E-state index in [1.54, 1.807) is 35.4 Å². The second-order valence-corrected chi connectivity index (χ2v) is 12.3. The maximum absolute atomic E-state index is 12.1. The third kappa shape index (κ3) is 7.06. The van der Waals surface area contributed by atoms with Gasteiger partial charge in [0.1, 0.15) is 11.5 Å². The van der Waals surface area contributed by atoms with Gasteiger partial charge in [-0.25, -0.2) is 9.79 Å². The molecule has 1 aromatic heterocycles. The van der Waals surface area contributed by atoms with Crippen LogP contribution in [0.25, 0.3) is 0 Å². The summed E-state index contributed by atoms with van der Waals surface area (Å²) in [5, 5.41) is 16.9. The molecule has 0 spiro atoms. The number of carboxylic acids is 1. The molecule has 4 rings (SSSR count). The molecule has 0 amide bonds. The summed E-state index contributed by atoms with van der Waals surface area (Å²) in [7, 11) is 7.69. The molecule has 1 fully saturated rings. The van der Waals surface area contributed by atoms with Crippen molar-refractivity contribution in [1.29, 1.82) is 0 Å². The molecule has 13 nitrogen and oxygen atoms in total. The lowest BCUT2D eigenvalue weighted by Crippen LogP contribution is -2.52. The highest BCUT2D eigenvalue weighted by atomic mass is 32.2. The van der Waals surface area contributed by atoms with Crippen LogP contribution in [0.15, 0.2) is 34.0 Å². The molecule has 2 aliphatic rings. The minimum absolute atomic E-state index is 0.320. The molecule has 2 aromatic rings. The number of thiazole rings is 1. The summed E-state index contributed by atoms with van der Waals surface area (Å²) in [6.07, 6.45) is 2.07. The van der Waals surface area contributed by atoms with Gasteiger partial charge in [-0.05, 0) is 44.7 Å². The molecule has 14 heteroatoms. The van der Waals surface area contributed by atoms with E-state index in [1.165, 1.54) is 0 Å². The van der Waals surface area contributed by atoms with Crippen molar-refractivity contribution in [3.63, 3.8) is 0 Å². The smallest absolute Gasteiger partial charge is 0.391 e. The van der Waals surface area contributed by atoms with Gasteiger partial charge in [-0.3, -0.25) is 10.3 Å². The zero-order chi connectivity index (χ0) is 30.4. The Morgan fingerprint density at radius 3 is 2.38 bits per heavy atom. The van der Waals surface area contributed by atoms with Crippen LogP contribution < -0.4 is 29.6 Å². The number of aliphatic imine (C=N–C) groups is 1. The highest BCUT2D eigenvalue weighted by Gasteiger charge is 2.32. The monoisotopic (exact) mass is 604 g/mol. The fourth-order valence-electron chi connectivity index (χ4n) is 4.95. The number of nitrogens with zero attached hydrogens (tertiary/aromatic N) is 4. The number of aryl methyl sites for hydroxylation is 1. The predicted molar refractivity (Wildman–Crippen MR) is 161 cm³/mol. The van der Waals surface area contributed by atoms with Gasteiger partial charge in [-0.2, -0.15) is 0 Å². The van der Waals surface area contributed by atoms with Crippen molar-refractivity contribution in [2.75, 3.05) is 68.3 Å². The van der Waals surface area contributed by atoms with E-state index in [4.69, 9.17) is 28.9 Å². The van der Waals surface area contributed by atoms with Crippen LogP contribution in [0.1, 0.15) is 27.9 Å². The van der Waals surface area contributed by atoms with E-state index in [0.717, 1.165) is 37.6 Å². The number of ether oxygens (including phenoxy) is 4. The number of hydrogen-bond acceptors (Lipinski definition) is 11. The first-order valence-corrected chi connectivity index (χ1v) is 15.1. The number of rotatable bonds is 11. The van der Waals surface area contributed by atoms with Crippen LogP contribution in [0.3, 0.4) is 0 Å². The average Bonchev–Trinajstić information content (AvgIpc) is 3.28. The van der Waals surface area contributed by atoms with Crippen molar-refractivity contribution in [1.82, 2.24) is 25.4 Å². The second kappa shape index (κ2) is 13.6. The summed E-state index contributed by atoms with van der Waals surface area (Å²) in [5.74, 6) is 2.51. The molecule has 2 aliphatic heterocycles. The number of nitrogens with one attached hydrogen (secondary N) is 3. The highest BCUT2D eigenvalue weighted by Crippen LogP contribution is 2.38. The zero-order valence-electron chi connectivity index (χ0n) is 25.4. The summed E-state index contributed by atoms with van der Waals surface area (Å²) in [4.78, 5) is 30.5. The fraction of sp³-hybridized carbons (Fsp3) is 0.536. The van der Waals surface area contributed by atoms with Crippen LogP contribution in [0.5, 0.6) is 17.2 Å². The molecular formula is C28H42N7O6S+. The van der Waals surface area contributed by atoms with Crippen LogP contribution in [0.4, 0.5) is 0 Å². The van der Waals surface area contributed by atoms with E-state index in [0.29, 0.717) is 57.5 Å². The number of carboxylic acid groups (broad SMARTS) is 1. The molecule has 0 radical (unpaired) electrons. The number of aromatic carboxylic acids is 1. The molecular weight excluding hydrogens is 562 g/mol. The number of H-pyrrole nitrogens is 1. The number of hydrogen-bond donors (Lipinski definition) is 4. The first kappa shape index (κ1) is 31.3. The van der Waals surface area contributed by atoms with Crippen LogP contribution in [-0.4, -0.2) is 106 Å². The number of aromatic nitrogens is 1. The molecule has 0 saturated carbocycles. The summed E-state index contributed by atoms with van der Waals surface area (Å²) in [6, 6.07) is 3.81. The molecule has 1 aromatic carbocycles. The Kier molecular flexibility index (Phi) is 10.1. The Labute approximate surface area is 248 Å². The maximum atomic E-state index is 12.1. The topological polar surface area (TPSA) is 145 Å². The van der Waals surface area contributed by atoms with Crippen LogP contribution in [0, 0.1) is 6.92 Å². The molecule has 42 heavy (non-hydrogen) atoms. The molecule has 2 unspecified atom stereocenters. The van der Waals surface area contributed by atoms with E-state index in [2.05, 4.69) is 38.5 Å². The normalized spacial score (nSPS) is 20.1. The second-order valence-electron chi connectivity index (χ2n) is 10.3. The third-order valence-corrected chi connectivity index (χ3v) is 9.43. The highest BCUT2D eigenvalue weighted by molar-refractivity contribution is 7.30. The summed E-state index contributed by atoms with van der Waals surface area (Å²) < 4.78 is 21.8. The summed E-state index contributed by atoms with van der Waals surface area (Å²) in [5.41, 5.74) is 0.674. The van der Waals surface area contributed by atoms with Crippen LogP contribution >= 0.6 is 10.5 Å². The number of aromatic amines is 1. The summed E-state index contributed by atoms with van der Waals surface area (Å²) in [6.45, 7) is 8.17. The fourth-order valence-corrected chi connectivity index (χ4v) is 6.98.